The van der Waals surface area contributed by atoms with E-state index in [4.69, 9.17) is 33.2 Å². The minimum atomic E-state index is -3.78. The van der Waals surface area contributed by atoms with Crippen molar-refractivity contribution in [3.8, 4) is 11.4 Å². The molecule has 0 aliphatic heterocycles. The summed E-state index contributed by atoms with van der Waals surface area (Å²) in [4.78, 5) is 66.5. The van der Waals surface area contributed by atoms with Gasteiger partial charge in [-0.05, 0) is 135 Å². The molecule has 0 spiro atoms. The van der Waals surface area contributed by atoms with Gasteiger partial charge in [-0.1, -0.05) is 47.5 Å². The zero-order valence-electron chi connectivity index (χ0n) is 54.2. The summed E-state index contributed by atoms with van der Waals surface area (Å²) >= 11 is 13.2. The fraction of sp³-hybridized carbons (Fsp3) is 0.265. The predicted molar refractivity (Wildman–Crippen MR) is 370 cm³/mol. The summed E-state index contributed by atoms with van der Waals surface area (Å²) in [6.45, 7) is 3.20. The maximum Gasteiger partial charge on any atom is 0.266 e. The van der Waals surface area contributed by atoms with Gasteiger partial charge in [-0.25, -0.2) is 44.4 Å². The number of carbonyl (C=O) groups excluding carboxylic acids is 2. The van der Waals surface area contributed by atoms with Crippen LogP contribution < -0.4 is 31.2 Å². The van der Waals surface area contributed by atoms with E-state index >= 15 is 0 Å². The van der Waals surface area contributed by atoms with Gasteiger partial charge >= 0.3 is 0 Å². The smallest absolute Gasteiger partial charge is 0.266 e. The third-order valence-electron chi connectivity index (χ3n) is 17.1. The van der Waals surface area contributed by atoms with Gasteiger partial charge in [0.15, 0.2) is 11.6 Å². The maximum absolute atomic E-state index is 14.7. The zero-order chi connectivity index (χ0) is 71.0. The van der Waals surface area contributed by atoms with E-state index in [9.17, 15) is 53.6 Å². The van der Waals surface area contributed by atoms with Gasteiger partial charge in [0, 0.05) is 63.3 Å². The van der Waals surface area contributed by atoms with Gasteiger partial charge < -0.3 is 10.6 Å². The molecule has 4 N–H and O–H groups in total. The van der Waals surface area contributed by atoms with Gasteiger partial charge in [-0.3, -0.25) is 56.5 Å². The van der Waals surface area contributed by atoms with Crippen LogP contribution in [-0.4, -0.2) is 99.4 Å². The Balaban J connectivity index is 0.000000179. The Morgan fingerprint density at radius 3 is 1.25 bits per heavy atom. The molecular weight excluding hydrogens is 1380 g/mol. The third kappa shape index (κ3) is 14.4. The van der Waals surface area contributed by atoms with E-state index in [1.807, 2.05) is 12.1 Å². The number of benzene rings is 6. The van der Waals surface area contributed by atoms with E-state index in [1.54, 1.807) is 88.9 Å². The molecule has 12 aromatic rings. The van der Waals surface area contributed by atoms with E-state index in [-0.39, 0.29) is 104 Å². The molecule has 0 bridgehead atoms. The van der Waals surface area contributed by atoms with Gasteiger partial charge in [-0.15, -0.1) is 0 Å². The second-order valence-electron chi connectivity index (χ2n) is 25.1. The molecule has 32 heteroatoms. The number of aromatic nitrogens is 12. The number of nitrogens with zero attached hydrogens (tertiary/aromatic N) is 12. The SMILES string of the molecule is Cc1cccc2nc([C@H](Cc3cc(F)cc(F)c3)NC(=O)Cn3ccc(C4CC4)n3)n(-c3ccc(Cl)c4c(NS(C)(=O)=O)nn(C)c34)c(=O)c12.Cc1cccc2nc([C@H](Cc3cc(F)cc(F)c3)NC(=O)Cn3ccc(C4CC4)n3)n(-c3ccc(Cl)c4c(NS(C)(=O)=O)nn(C)c34)c(=O)c12. The van der Waals surface area contributed by atoms with Crippen molar-refractivity contribution in [2.75, 3.05) is 22.0 Å². The number of carbonyl (C=O) groups is 2. The standard InChI is InChI=1S/2C34H31ClF2N8O4S/c2*1-18-5-4-6-25-29(18)34(47)45(27-10-9-23(35)30-31(27)43(2)41-32(30)42-50(3,48)49)33(39-25)26(15-19-13-21(36)16-22(37)14-19)38-28(46)17-44-12-11-24(40-44)20-7-8-20/h2*4-6,9-14,16,20,26H,7-8,15,17H2,1-3H3,(H,38,46)(H,41,42)/t2*26-/m00/s1. The Morgan fingerprint density at radius 1 is 0.530 bits per heavy atom. The van der Waals surface area contributed by atoms with Gasteiger partial charge in [0.1, 0.15) is 48.0 Å². The highest BCUT2D eigenvalue weighted by Gasteiger charge is 2.33. The summed E-state index contributed by atoms with van der Waals surface area (Å²) in [5.41, 5.74) is 4.16. The lowest BCUT2D eigenvalue weighted by molar-refractivity contribution is -0.123. The fourth-order valence-corrected chi connectivity index (χ4v) is 14.0. The summed E-state index contributed by atoms with van der Waals surface area (Å²) < 4.78 is 120. The van der Waals surface area contributed by atoms with Crippen LogP contribution in [0.25, 0.3) is 55.0 Å². The van der Waals surface area contributed by atoms with Crippen molar-refractivity contribution in [1.29, 1.82) is 0 Å². The van der Waals surface area contributed by atoms with Crippen molar-refractivity contribution in [1.82, 2.24) is 68.9 Å². The lowest BCUT2D eigenvalue weighted by Gasteiger charge is -2.24. The average molecular weight is 1440 g/mol. The normalized spacial score (nSPS) is 14.0. The molecular formula is C68H62Cl2F4N16O8S2. The van der Waals surface area contributed by atoms with Crippen molar-refractivity contribution in [3.63, 3.8) is 0 Å². The van der Waals surface area contributed by atoms with E-state index in [2.05, 4.69) is 40.5 Å². The lowest BCUT2D eigenvalue weighted by Crippen LogP contribution is -2.37. The largest absolute Gasteiger partial charge is 0.344 e. The molecule has 0 saturated heterocycles. The molecule has 6 aromatic heterocycles. The molecule has 24 nitrogen and oxygen atoms in total. The van der Waals surface area contributed by atoms with Gasteiger partial charge in [-0.2, -0.15) is 20.4 Å². The van der Waals surface area contributed by atoms with Gasteiger partial charge in [0.25, 0.3) is 11.1 Å². The Labute approximate surface area is 577 Å². The molecule has 2 amide bonds. The molecule has 6 aromatic carbocycles. The first-order valence-corrected chi connectivity index (χ1v) is 35.9. The highest BCUT2D eigenvalue weighted by Crippen LogP contribution is 2.41. The average Bonchev–Trinajstić information content (AvgIpc) is 1.31. The first-order chi connectivity index (χ1) is 47.5. The van der Waals surface area contributed by atoms with Crippen LogP contribution in [-0.2, 0) is 69.7 Å². The van der Waals surface area contributed by atoms with Crippen LogP contribution in [0, 0.1) is 37.1 Å². The molecule has 14 rings (SSSR count). The number of nitrogens with one attached hydrogen (secondary N) is 4. The molecule has 2 aliphatic carbocycles. The minimum absolute atomic E-state index is 0.0488. The van der Waals surface area contributed by atoms with Crippen molar-refractivity contribution in [3.05, 3.63) is 221 Å². The lowest BCUT2D eigenvalue weighted by atomic mass is 10.0. The Bertz CT molecular complexity index is 5320. The highest BCUT2D eigenvalue weighted by atomic mass is 35.5. The number of fused-ring (bicyclic) bond motifs is 4. The summed E-state index contributed by atoms with van der Waals surface area (Å²) in [5.74, 6) is -3.46. The van der Waals surface area contributed by atoms with Crippen molar-refractivity contribution >= 4 is 110 Å². The number of hydrogen-bond acceptors (Lipinski definition) is 14. The summed E-state index contributed by atoms with van der Waals surface area (Å²) in [6.07, 6.45) is 9.24. The summed E-state index contributed by atoms with van der Waals surface area (Å²) in [5, 5.41) is 25.0. The number of hydrogen-bond donors (Lipinski definition) is 4. The van der Waals surface area contributed by atoms with Gasteiger partial charge in [0.05, 0.1) is 101 Å². The number of sulfonamides is 2. The van der Waals surface area contributed by atoms with Crippen LogP contribution in [0.15, 0.2) is 131 Å². The van der Waals surface area contributed by atoms with Crippen molar-refractivity contribution < 1.29 is 44.0 Å². The molecule has 6 heterocycles. The van der Waals surface area contributed by atoms with Crippen molar-refractivity contribution in [2.24, 2.45) is 14.1 Å². The minimum Gasteiger partial charge on any atom is -0.344 e. The second kappa shape index (κ2) is 26.7. The van der Waals surface area contributed by atoms with Crippen LogP contribution in [0.1, 0.15) is 94.9 Å². The molecule has 516 valence electrons. The summed E-state index contributed by atoms with van der Waals surface area (Å²) in [7, 11) is -4.42. The number of aryl methyl sites for hydroxylation is 4. The highest BCUT2D eigenvalue weighted by molar-refractivity contribution is 7.92. The quantitative estimate of drug-likeness (QED) is 0.0516. The van der Waals surface area contributed by atoms with E-state index < -0.39 is 78.3 Å². The van der Waals surface area contributed by atoms with Crippen LogP contribution in [0.3, 0.4) is 0 Å². The third-order valence-corrected chi connectivity index (χ3v) is 18.8. The van der Waals surface area contributed by atoms with Crippen LogP contribution in [0.4, 0.5) is 29.2 Å². The van der Waals surface area contributed by atoms with Crippen LogP contribution in [0.5, 0.6) is 0 Å². The van der Waals surface area contributed by atoms with Crippen LogP contribution >= 0.6 is 23.2 Å². The number of rotatable bonds is 20. The topological polar surface area (TPSA) is 292 Å². The molecule has 2 saturated carbocycles. The number of amides is 2. The molecule has 2 atom stereocenters. The summed E-state index contributed by atoms with van der Waals surface area (Å²) in [6, 6.07) is 24.1. The number of halogens is 6. The monoisotopic (exact) mass is 1440 g/mol. The van der Waals surface area contributed by atoms with Crippen LogP contribution in [0.2, 0.25) is 10.0 Å². The van der Waals surface area contributed by atoms with E-state index in [0.29, 0.717) is 44.8 Å². The molecule has 100 heavy (non-hydrogen) atoms. The molecule has 2 aliphatic rings. The van der Waals surface area contributed by atoms with E-state index in [0.717, 1.165) is 86.0 Å². The first kappa shape index (κ1) is 68.2. The molecule has 0 radical (unpaired) electrons. The second-order valence-corrected chi connectivity index (χ2v) is 29.4. The van der Waals surface area contributed by atoms with Gasteiger partial charge in [0.2, 0.25) is 31.9 Å². The molecule has 0 unspecified atom stereocenters. The Morgan fingerprint density at radius 2 is 0.900 bits per heavy atom. The molecule has 2 fully saturated rings. The fourth-order valence-electron chi connectivity index (χ4n) is 12.6. The Kier molecular flexibility index (Phi) is 18.3. The predicted octanol–water partition coefficient (Wildman–Crippen LogP) is 10.1. The number of anilines is 2. The maximum atomic E-state index is 14.7. The Hall–Kier alpha value is -10.3. The van der Waals surface area contributed by atoms with E-state index in [1.165, 1.54) is 40.0 Å². The zero-order valence-corrected chi connectivity index (χ0v) is 57.4. The van der Waals surface area contributed by atoms with Crippen molar-refractivity contribution in [2.45, 2.75) is 89.4 Å². The first-order valence-electron chi connectivity index (χ1n) is 31.4.